The number of piperazine rings is 1. The van der Waals surface area contributed by atoms with Crippen LogP contribution in [0.3, 0.4) is 0 Å². The number of halogens is 3. The maximum Gasteiger partial charge on any atom is 0.418 e. The number of carbonyl (C=O) groups is 1. The monoisotopic (exact) mass is 459 g/mol. The number of fused-ring (bicyclic) bond motifs is 1. The predicted octanol–water partition coefficient (Wildman–Crippen LogP) is 2.86. The van der Waals surface area contributed by atoms with E-state index in [4.69, 9.17) is 0 Å². The Morgan fingerprint density at radius 3 is 2.52 bits per heavy atom. The minimum atomic E-state index is -4.54. The van der Waals surface area contributed by atoms with Crippen LogP contribution in [0.4, 0.5) is 18.9 Å². The van der Waals surface area contributed by atoms with Gasteiger partial charge in [-0.25, -0.2) is 4.98 Å². The van der Waals surface area contributed by atoms with Crippen molar-refractivity contribution in [1.82, 2.24) is 19.2 Å². The summed E-state index contributed by atoms with van der Waals surface area (Å²) in [4.78, 5) is 33.5. The Bertz CT molecular complexity index is 1200. The maximum absolute atomic E-state index is 13.2. The summed E-state index contributed by atoms with van der Waals surface area (Å²) in [5.74, 6) is -0.482. The smallest absolute Gasteiger partial charge is 0.324 e. The van der Waals surface area contributed by atoms with E-state index < -0.39 is 23.7 Å². The molecule has 1 aliphatic heterocycles. The van der Waals surface area contributed by atoms with Crippen LogP contribution in [0.1, 0.15) is 18.2 Å². The van der Waals surface area contributed by atoms with Gasteiger partial charge in [0.1, 0.15) is 5.65 Å². The topological polar surface area (TPSA) is 70.0 Å². The Labute approximate surface area is 188 Å². The first-order valence-electron chi connectivity index (χ1n) is 10.6. The number of amides is 1. The zero-order valence-electron chi connectivity index (χ0n) is 18.0. The van der Waals surface area contributed by atoms with Gasteiger partial charge in [0.05, 0.1) is 23.0 Å². The minimum absolute atomic E-state index is 0.140. The summed E-state index contributed by atoms with van der Waals surface area (Å²) < 4.78 is 41.1. The molecule has 1 fully saturated rings. The zero-order valence-corrected chi connectivity index (χ0v) is 18.0. The van der Waals surface area contributed by atoms with E-state index in [1.807, 2.05) is 11.0 Å². The normalized spacial score (nSPS) is 16.6. The molecule has 1 N–H and O–H groups in total. The molecule has 10 heteroatoms. The number of anilines is 1. The molecule has 0 aliphatic carbocycles. The van der Waals surface area contributed by atoms with Gasteiger partial charge in [-0.05, 0) is 31.2 Å². The number of nitrogens with one attached hydrogen (secondary N) is 1. The number of aromatic nitrogens is 2. The second kappa shape index (κ2) is 9.32. The van der Waals surface area contributed by atoms with Crippen LogP contribution in [0.5, 0.6) is 0 Å². The van der Waals surface area contributed by atoms with Gasteiger partial charge >= 0.3 is 6.18 Å². The molecular formula is C23H24F3N5O2. The summed E-state index contributed by atoms with van der Waals surface area (Å²) in [6.45, 7) is 4.63. The molecule has 1 atom stereocenters. The van der Waals surface area contributed by atoms with Gasteiger partial charge in [0.15, 0.2) is 0 Å². The van der Waals surface area contributed by atoms with E-state index in [1.54, 1.807) is 25.3 Å². The van der Waals surface area contributed by atoms with E-state index >= 15 is 0 Å². The Hall–Kier alpha value is -3.24. The molecule has 0 radical (unpaired) electrons. The van der Waals surface area contributed by atoms with Gasteiger partial charge in [-0.2, -0.15) is 13.2 Å². The van der Waals surface area contributed by atoms with Crippen molar-refractivity contribution in [3.63, 3.8) is 0 Å². The van der Waals surface area contributed by atoms with Crippen molar-refractivity contribution in [2.75, 3.05) is 31.5 Å². The number of rotatable bonds is 5. The third kappa shape index (κ3) is 5.23. The quantitative estimate of drug-likeness (QED) is 0.636. The highest BCUT2D eigenvalue weighted by Crippen LogP contribution is 2.34. The van der Waals surface area contributed by atoms with E-state index in [0.717, 1.165) is 6.07 Å². The number of alkyl halides is 3. The molecule has 3 aromatic rings. The third-order valence-corrected chi connectivity index (χ3v) is 5.83. The molecule has 1 aliphatic rings. The fourth-order valence-electron chi connectivity index (χ4n) is 3.96. The summed E-state index contributed by atoms with van der Waals surface area (Å²) in [7, 11) is 0. The molecule has 1 aromatic carbocycles. The molecule has 0 unspecified atom stereocenters. The number of benzene rings is 1. The standard InChI is InChI=1S/C23H24F3N5O2/c1-16(22(33)28-19-7-3-2-6-18(19)23(24,25)26)30-12-10-29(11-13-30)15-17-14-21(32)31-9-5-4-8-20(31)27-17/h2-9,14,16H,10-13,15H2,1H3,(H,28,33)/t16-/m1/s1. The highest BCUT2D eigenvalue weighted by Gasteiger charge is 2.34. The SMILES string of the molecule is C[C@H](C(=O)Nc1ccccc1C(F)(F)F)N1CCN(Cc2cc(=O)n3ccccc3n2)CC1. The van der Waals surface area contributed by atoms with Crippen molar-refractivity contribution in [2.45, 2.75) is 25.7 Å². The summed E-state index contributed by atoms with van der Waals surface area (Å²) >= 11 is 0. The van der Waals surface area contributed by atoms with Gasteiger partial charge in [-0.15, -0.1) is 0 Å². The van der Waals surface area contributed by atoms with Crippen LogP contribution in [-0.4, -0.2) is 57.3 Å². The number of para-hydroxylation sites is 1. The summed E-state index contributed by atoms with van der Waals surface area (Å²) in [6, 6.07) is 11.3. The molecule has 174 valence electrons. The van der Waals surface area contributed by atoms with Crippen LogP contribution >= 0.6 is 0 Å². The predicted molar refractivity (Wildman–Crippen MR) is 118 cm³/mol. The molecule has 33 heavy (non-hydrogen) atoms. The van der Waals surface area contributed by atoms with E-state index in [0.29, 0.717) is 44.1 Å². The molecule has 2 aromatic heterocycles. The molecule has 7 nitrogen and oxygen atoms in total. The highest BCUT2D eigenvalue weighted by atomic mass is 19.4. The lowest BCUT2D eigenvalue weighted by Gasteiger charge is -2.37. The molecule has 0 bridgehead atoms. The molecule has 0 saturated carbocycles. The summed E-state index contributed by atoms with van der Waals surface area (Å²) in [6.07, 6.45) is -2.87. The third-order valence-electron chi connectivity index (χ3n) is 5.83. The maximum atomic E-state index is 13.2. The number of hydrogen-bond donors (Lipinski definition) is 1. The first-order valence-corrected chi connectivity index (χ1v) is 10.6. The molecule has 4 rings (SSSR count). The Balaban J connectivity index is 1.35. The van der Waals surface area contributed by atoms with Gasteiger partial charge in [0, 0.05) is 45.0 Å². The average molecular weight is 459 g/mol. The Morgan fingerprint density at radius 2 is 1.79 bits per heavy atom. The van der Waals surface area contributed by atoms with Crippen molar-refractivity contribution in [1.29, 1.82) is 0 Å². The van der Waals surface area contributed by atoms with E-state index in [1.165, 1.54) is 28.7 Å². The first kappa shape index (κ1) is 22.9. The average Bonchev–Trinajstić information content (AvgIpc) is 2.79. The van der Waals surface area contributed by atoms with Gasteiger partial charge in [0.2, 0.25) is 5.91 Å². The first-order chi connectivity index (χ1) is 15.7. The lowest BCUT2D eigenvalue weighted by atomic mass is 10.1. The molecule has 1 saturated heterocycles. The summed E-state index contributed by atoms with van der Waals surface area (Å²) in [5.41, 5.74) is 0.0132. The van der Waals surface area contributed by atoms with Crippen molar-refractivity contribution in [3.05, 3.63) is 76.3 Å². The second-order valence-electron chi connectivity index (χ2n) is 8.04. The van der Waals surface area contributed by atoms with Crippen LogP contribution in [0.15, 0.2) is 59.5 Å². The van der Waals surface area contributed by atoms with E-state index in [2.05, 4.69) is 15.2 Å². The van der Waals surface area contributed by atoms with Crippen LogP contribution in [0, 0.1) is 0 Å². The van der Waals surface area contributed by atoms with Crippen LogP contribution < -0.4 is 10.9 Å². The molecule has 0 spiro atoms. The van der Waals surface area contributed by atoms with E-state index in [9.17, 15) is 22.8 Å². The number of pyridine rings is 1. The molecule has 3 heterocycles. The van der Waals surface area contributed by atoms with E-state index in [-0.39, 0.29) is 11.2 Å². The van der Waals surface area contributed by atoms with Crippen molar-refractivity contribution in [3.8, 4) is 0 Å². The van der Waals surface area contributed by atoms with Gasteiger partial charge < -0.3 is 5.32 Å². The zero-order chi connectivity index (χ0) is 23.6. The lowest BCUT2D eigenvalue weighted by Crippen LogP contribution is -2.52. The minimum Gasteiger partial charge on any atom is -0.324 e. The summed E-state index contributed by atoms with van der Waals surface area (Å²) in [5, 5.41) is 2.43. The fraction of sp³-hybridized carbons (Fsp3) is 0.348. The van der Waals surface area contributed by atoms with Gasteiger partial charge in [-0.1, -0.05) is 18.2 Å². The van der Waals surface area contributed by atoms with Crippen molar-refractivity contribution in [2.24, 2.45) is 0 Å². The number of carbonyl (C=O) groups excluding carboxylic acids is 1. The number of nitrogens with zero attached hydrogens (tertiary/aromatic N) is 4. The van der Waals surface area contributed by atoms with Crippen LogP contribution in [0.25, 0.3) is 5.65 Å². The Kier molecular flexibility index (Phi) is 6.48. The Morgan fingerprint density at radius 1 is 1.09 bits per heavy atom. The second-order valence-corrected chi connectivity index (χ2v) is 8.04. The van der Waals surface area contributed by atoms with Crippen molar-refractivity contribution < 1.29 is 18.0 Å². The molecular weight excluding hydrogens is 435 g/mol. The van der Waals surface area contributed by atoms with Crippen LogP contribution in [0.2, 0.25) is 0 Å². The fourth-order valence-corrected chi connectivity index (χ4v) is 3.96. The van der Waals surface area contributed by atoms with Gasteiger partial charge in [0.25, 0.3) is 5.56 Å². The largest absolute Gasteiger partial charge is 0.418 e. The lowest BCUT2D eigenvalue weighted by molar-refractivity contribution is -0.137. The molecule has 1 amide bonds. The van der Waals surface area contributed by atoms with Crippen molar-refractivity contribution >= 4 is 17.2 Å². The van der Waals surface area contributed by atoms with Crippen LogP contribution in [-0.2, 0) is 17.5 Å². The van der Waals surface area contributed by atoms with Gasteiger partial charge in [-0.3, -0.25) is 23.8 Å². The highest BCUT2D eigenvalue weighted by molar-refractivity contribution is 5.95. The number of hydrogen-bond acceptors (Lipinski definition) is 5.